The molecule has 0 aliphatic carbocycles. The average molecular weight is 511 g/mol. The summed E-state index contributed by atoms with van der Waals surface area (Å²) in [4.78, 5) is 6.65. The fourth-order valence-corrected chi connectivity index (χ4v) is 10.9. The van der Waals surface area contributed by atoms with Crippen LogP contribution in [-0.2, 0) is 22.4 Å². The van der Waals surface area contributed by atoms with E-state index in [2.05, 4.69) is 70.2 Å². The third-order valence-corrected chi connectivity index (χ3v) is 13.0. The van der Waals surface area contributed by atoms with E-state index in [0.717, 1.165) is 9.79 Å². The van der Waals surface area contributed by atoms with Crippen LogP contribution >= 0.6 is 43.4 Å². The molecule has 2 aromatic carbocycles. The van der Waals surface area contributed by atoms with Gasteiger partial charge in [0.05, 0.1) is 0 Å². The van der Waals surface area contributed by atoms with Crippen molar-refractivity contribution in [1.82, 2.24) is 0 Å². The Morgan fingerprint density at radius 2 is 1.00 bits per heavy atom. The van der Waals surface area contributed by atoms with Gasteiger partial charge in [-0.25, -0.2) is 0 Å². The lowest BCUT2D eigenvalue weighted by Crippen LogP contribution is -1.98. The Bertz CT molecular complexity index is 934. The van der Waals surface area contributed by atoms with Gasteiger partial charge in [0.15, 0.2) is 9.79 Å². The van der Waals surface area contributed by atoms with Crippen molar-refractivity contribution in [3.05, 3.63) is 82.3 Å². The summed E-state index contributed by atoms with van der Waals surface area (Å²) in [5, 5.41) is 8.93. The molecule has 2 aromatic rings. The predicted molar refractivity (Wildman–Crippen MR) is 140 cm³/mol. The molecule has 2 aliphatic rings. The first-order valence-electron chi connectivity index (χ1n) is 9.09. The Kier molecular flexibility index (Phi) is 7.81. The third-order valence-electron chi connectivity index (χ3n) is 4.51. The van der Waals surface area contributed by atoms with E-state index in [-0.39, 0.29) is 0 Å². The molecular weight excluding hydrogens is 489 g/mol. The zero-order chi connectivity index (χ0) is 21.1. The molecule has 0 N–H and O–H groups in total. The van der Waals surface area contributed by atoms with E-state index in [1.807, 2.05) is 12.1 Å². The molecular formula is C22H22O2S6. The number of benzene rings is 2. The molecule has 2 unspecified atom stereocenters. The van der Waals surface area contributed by atoms with Crippen molar-refractivity contribution < 1.29 is 9.11 Å². The van der Waals surface area contributed by atoms with Gasteiger partial charge in [-0.1, -0.05) is 45.9 Å². The van der Waals surface area contributed by atoms with Gasteiger partial charge in [0.2, 0.25) is 0 Å². The molecule has 0 bridgehead atoms. The van der Waals surface area contributed by atoms with Crippen molar-refractivity contribution in [3.63, 3.8) is 0 Å². The van der Waals surface area contributed by atoms with Crippen molar-refractivity contribution in [2.24, 2.45) is 0 Å². The van der Waals surface area contributed by atoms with Gasteiger partial charge in [0.25, 0.3) is 0 Å². The standard InChI is InChI=1S/C22H22O2S6/c1-27(23)17-7-9-19(21(15-17)29-11-3-4-12-29)25-26-20-10-8-18(28(2)24)16-22(20)30-13-5-6-14-30/h3-16,29-30H,1-2H3. The second-order valence-corrected chi connectivity index (χ2v) is 15.3. The van der Waals surface area contributed by atoms with Crippen molar-refractivity contribution in [3.8, 4) is 0 Å². The van der Waals surface area contributed by atoms with Crippen LogP contribution < -0.4 is 0 Å². The largest absolute Gasteiger partial charge is 0.612 e. The molecule has 0 aromatic heterocycles. The van der Waals surface area contributed by atoms with Gasteiger partial charge in [0, 0.05) is 31.7 Å². The fraction of sp³-hybridized carbons (Fsp3) is 0.0909. The summed E-state index contributed by atoms with van der Waals surface area (Å²) in [6.45, 7) is 0. The Morgan fingerprint density at radius 1 is 0.633 bits per heavy atom. The molecule has 2 heterocycles. The summed E-state index contributed by atoms with van der Waals surface area (Å²) in [7, 11) is 2.49. The quantitative estimate of drug-likeness (QED) is 0.245. The van der Waals surface area contributed by atoms with Gasteiger partial charge < -0.3 is 9.11 Å². The smallest absolute Gasteiger partial charge is 0.153 e. The summed E-state index contributed by atoms with van der Waals surface area (Å²) < 4.78 is 24.0. The summed E-state index contributed by atoms with van der Waals surface area (Å²) >= 11 is -1.99. The molecule has 0 amide bonds. The van der Waals surface area contributed by atoms with Gasteiger partial charge in [0.1, 0.15) is 12.5 Å². The van der Waals surface area contributed by atoms with Crippen LogP contribution in [0.5, 0.6) is 0 Å². The van der Waals surface area contributed by atoms with E-state index in [0.29, 0.717) is 0 Å². The molecule has 158 valence electrons. The topological polar surface area (TPSA) is 46.1 Å². The van der Waals surface area contributed by atoms with Gasteiger partial charge in [-0.05, 0) is 68.2 Å². The summed E-state index contributed by atoms with van der Waals surface area (Å²) in [5.74, 6) is 0. The second-order valence-electron chi connectivity index (χ2n) is 6.51. The van der Waals surface area contributed by atoms with Crippen LogP contribution in [0.1, 0.15) is 0 Å². The minimum atomic E-state index is -0.995. The van der Waals surface area contributed by atoms with Crippen LogP contribution in [0.15, 0.2) is 112 Å². The molecule has 4 rings (SSSR count). The van der Waals surface area contributed by atoms with Crippen LogP contribution in [0.25, 0.3) is 0 Å². The Labute approximate surface area is 197 Å². The lowest BCUT2D eigenvalue weighted by atomic mass is 10.4. The average Bonchev–Trinajstić information content (AvgIpc) is 3.46. The van der Waals surface area contributed by atoms with E-state index in [4.69, 9.17) is 0 Å². The van der Waals surface area contributed by atoms with E-state index < -0.39 is 44.1 Å². The Balaban J connectivity index is 1.63. The highest BCUT2D eigenvalue weighted by Gasteiger charge is 2.18. The minimum absolute atomic E-state index is 0.501. The van der Waals surface area contributed by atoms with Crippen LogP contribution in [0.4, 0.5) is 0 Å². The number of rotatable bonds is 7. The Morgan fingerprint density at radius 3 is 1.33 bits per heavy atom. The van der Waals surface area contributed by atoms with E-state index >= 15 is 0 Å². The summed E-state index contributed by atoms with van der Waals surface area (Å²) in [6, 6.07) is 12.3. The van der Waals surface area contributed by atoms with Crippen LogP contribution in [0, 0.1) is 0 Å². The zero-order valence-electron chi connectivity index (χ0n) is 16.4. The SMILES string of the molecule is C[S+]([O-])c1ccc(SSc2ccc([S+](C)[O-])cc2[SH]2C=CC=C2)c([SH]2C=CC=C2)c1. The highest BCUT2D eigenvalue weighted by molar-refractivity contribution is 8.76. The normalized spacial score (nSPS) is 19.1. The third kappa shape index (κ3) is 5.24. The molecule has 2 atom stereocenters. The second kappa shape index (κ2) is 10.4. The van der Waals surface area contributed by atoms with E-state index in [9.17, 15) is 9.11 Å². The first-order chi connectivity index (χ1) is 14.5. The number of allylic oxidation sites excluding steroid dienone is 4. The molecule has 2 nitrogen and oxygen atoms in total. The maximum Gasteiger partial charge on any atom is 0.153 e. The first kappa shape index (κ1) is 22.6. The lowest BCUT2D eigenvalue weighted by Gasteiger charge is -2.19. The van der Waals surface area contributed by atoms with Gasteiger partial charge in [-0.15, -0.1) is 0 Å². The first-order valence-corrected chi connectivity index (χ1v) is 17.3. The van der Waals surface area contributed by atoms with Gasteiger partial charge in [-0.2, -0.15) is 21.8 Å². The molecule has 2 aliphatic heterocycles. The molecule has 0 spiro atoms. The molecule has 30 heavy (non-hydrogen) atoms. The molecule has 0 fully saturated rings. The van der Waals surface area contributed by atoms with Crippen molar-refractivity contribution in [2.45, 2.75) is 29.4 Å². The van der Waals surface area contributed by atoms with Crippen molar-refractivity contribution in [1.29, 1.82) is 0 Å². The monoisotopic (exact) mass is 510 g/mol. The highest BCUT2D eigenvalue weighted by atomic mass is 33.1. The van der Waals surface area contributed by atoms with E-state index in [1.54, 1.807) is 34.1 Å². The Hall–Kier alpha value is -0.580. The van der Waals surface area contributed by atoms with Crippen molar-refractivity contribution in [2.75, 3.05) is 12.5 Å². The lowest BCUT2D eigenvalue weighted by molar-refractivity contribution is 0.599. The zero-order valence-corrected chi connectivity index (χ0v) is 21.5. The number of hydrogen-bond acceptors (Lipinski definition) is 4. The number of hydrogen-bond donors (Lipinski definition) is 2. The van der Waals surface area contributed by atoms with Crippen LogP contribution in [0.3, 0.4) is 0 Å². The van der Waals surface area contributed by atoms with Crippen LogP contribution in [-0.4, -0.2) is 21.6 Å². The van der Waals surface area contributed by atoms with E-state index in [1.165, 1.54) is 19.6 Å². The maximum absolute atomic E-state index is 12.0. The summed E-state index contributed by atoms with van der Waals surface area (Å²) in [6.07, 6.45) is 11.8. The summed E-state index contributed by atoms with van der Waals surface area (Å²) in [5.41, 5.74) is 0. The molecule has 0 saturated carbocycles. The fourth-order valence-electron chi connectivity index (χ4n) is 2.98. The van der Waals surface area contributed by atoms with Gasteiger partial charge >= 0.3 is 0 Å². The molecule has 8 heteroatoms. The molecule has 0 radical (unpaired) electrons. The maximum atomic E-state index is 12.0. The van der Waals surface area contributed by atoms with Crippen LogP contribution in [0.2, 0.25) is 0 Å². The highest BCUT2D eigenvalue weighted by Crippen LogP contribution is 2.54. The van der Waals surface area contributed by atoms with Crippen molar-refractivity contribution >= 4 is 65.7 Å². The predicted octanol–water partition coefficient (Wildman–Crippen LogP) is 6.76. The number of thiol groups is 2. The molecule has 0 saturated heterocycles. The minimum Gasteiger partial charge on any atom is -0.612 e. The van der Waals surface area contributed by atoms with Gasteiger partial charge in [-0.3, -0.25) is 0 Å².